The molecule has 3 aromatic carbocycles. The van der Waals surface area contributed by atoms with Crippen molar-refractivity contribution in [2.24, 2.45) is 0 Å². The van der Waals surface area contributed by atoms with Gasteiger partial charge in [0, 0.05) is 36.7 Å². The number of benzene rings is 3. The Morgan fingerprint density at radius 3 is 2.20 bits per heavy atom. The Morgan fingerprint density at radius 1 is 0.950 bits per heavy atom. The van der Waals surface area contributed by atoms with Crippen molar-refractivity contribution in [1.82, 2.24) is 8.87 Å². The average molecular weight is 570 g/mol. The van der Waals surface area contributed by atoms with Crippen molar-refractivity contribution in [2.45, 2.75) is 38.3 Å². The molecule has 0 atom stereocenters. The van der Waals surface area contributed by atoms with E-state index in [1.807, 2.05) is 19.1 Å². The van der Waals surface area contributed by atoms with Crippen LogP contribution in [0.4, 0.5) is 18.9 Å². The van der Waals surface area contributed by atoms with E-state index >= 15 is 0 Å². The summed E-state index contributed by atoms with van der Waals surface area (Å²) in [6, 6.07) is 18.8. The van der Waals surface area contributed by atoms with Gasteiger partial charge in [-0.1, -0.05) is 43.3 Å². The van der Waals surface area contributed by atoms with Gasteiger partial charge < -0.3 is 9.88 Å². The maximum Gasteiger partial charge on any atom is 0.418 e. The molecule has 1 N–H and O–H groups in total. The lowest BCUT2D eigenvalue weighted by Crippen LogP contribution is -2.22. The molecule has 210 valence electrons. The molecule has 40 heavy (non-hydrogen) atoms. The van der Waals surface area contributed by atoms with Gasteiger partial charge in [0.15, 0.2) is 0 Å². The fourth-order valence-electron chi connectivity index (χ4n) is 4.81. The Labute approximate surface area is 232 Å². The van der Waals surface area contributed by atoms with E-state index in [1.165, 1.54) is 49.0 Å². The minimum Gasteiger partial charge on any atom is -0.321 e. The lowest BCUT2D eigenvalue weighted by Gasteiger charge is -2.18. The van der Waals surface area contributed by atoms with Gasteiger partial charge in [0.05, 0.1) is 21.7 Å². The molecule has 6 nitrogen and oxygen atoms in total. The Bertz CT molecular complexity index is 1670. The summed E-state index contributed by atoms with van der Waals surface area (Å²) in [7, 11) is -0.687. The van der Waals surface area contributed by atoms with E-state index in [1.54, 1.807) is 38.1 Å². The van der Waals surface area contributed by atoms with Gasteiger partial charge in [-0.3, -0.25) is 4.79 Å². The van der Waals surface area contributed by atoms with Crippen LogP contribution in [0.5, 0.6) is 0 Å². The van der Waals surface area contributed by atoms with Gasteiger partial charge in [-0.2, -0.15) is 13.2 Å². The Hall–Kier alpha value is -3.89. The normalized spacial score (nSPS) is 12.1. The molecule has 0 saturated heterocycles. The number of carbonyl (C=O) groups excluding carboxylic acids is 1. The van der Waals surface area contributed by atoms with Crippen molar-refractivity contribution in [3.05, 3.63) is 101 Å². The van der Waals surface area contributed by atoms with Crippen molar-refractivity contribution >= 4 is 21.6 Å². The summed E-state index contributed by atoms with van der Waals surface area (Å²) in [6.07, 6.45) is -3.90. The summed E-state index contributed by atoms with van der Waals surface area (Å²) in [4.78, 5) is 13.7. The van der Waals surface area contributed by atoms with Crippen LogP contribution in [-0.4, -0.2) is 37.3 Å². The van der Waals surface area contributed by atoms with Crippen LogP contribution >= 0.6 is 0 Å². The molecule has 0 spiro atoms. The number of nitrogens with zero attached hydrogens (tertiary/aromatic N) is 2. The second kappa shape index (κ2) is 10.9. The van der Waals surface area contributed by atoms with Gasteiger partial charge in [0.1, 0.15) is 0 Å². The molecule has 0 aliphatic heterocycles. The number of aromatic nitrogens is 1. The highest BCUT2D eigenvalue weighted by Crippen LogP contribution is 2.37. The molecule has 0 bridgehead atoms. The number of nitrogens with one attached hydrogen (secondary N) is 1. The molecule has 0 aliphatic carbocycles. The number of amides is 1. The summed E-state index contributed by atoms with van der Waals surface area (Å²) >= 11 is 0. The topological polar surface area (TPSA) is 71.4 Å². The summed E-state index contributed by atoms with van der Waals surface area (Å²) in [5, 5.41) is 2.94. The van der Waals surface area contributed by atoms with Crippen molar-refractivity contribution in [2.75, 3.05) is 19.4 Å². The summed E-state index contributed by atoms with van der Waals surface area (Å²) in [5.74, 6) is -0.467. The molecule has 0 saturated carbocycles. The number of aryl methyl sites for hydroxylation is 2. The van der Waals surface area contributed by atoms with E-state index in [4.69, 9.17) is 0 Å². The van der Waals surface area contributed by atoms with Gasteiger partial charge in [0.2, 0.25) is 10.0 Å². The number of sulfonamides is 1. The first-order chi connectivity index (χ1) is 18.8. The molecule has 0 fully saturated rings. The Kier molecular flexibility index (Phi) is 7.96. The zero-order chi connectivity index (χ0) is 29.4. The van der Waals surface area contributed by atoms with Crippen molar-refractivity contribution < 1.29 is 26.4 Å². The lowest BCUT2D eigenvalue weighted by molar-refractivity contribution is -0.137. The first kappa shape index (κ1) is 29.1. The lowest BCUT2D eigenvalue weighted by atomic mass is 9.96. The SMILES string of the molecule is CCc1cccc(NC(=O)c2cc(C)n(-c3ccccc3C(F)(F)F)c2C)c1-c1ccc(S(=O)(=O)N(C)C)cc1. The molecule has 10 heteroatoms. The van der Waals surface area contributed by atoms with E-state index < -0.39 is 27.7 Å². The van der Waals surface area contributed by atoms with Crippen LogP contribution in [0.25, 0.3) is 16.8 Å². The molecule has 1 amide bonds. The van der Waals surface area contributed by atoms with Gasteiger partial charge >= 0.3 is 6.18 Å². The number of rotatable bonds is 7. The first-order valence-electron chi connectivity index (χ1n) is 12.6. The molecule has 0 unspecified atom stereocenters. The van der Waals surface area contributed by atoms with Gasteiger partial charge in [-0.15, -0.1) is 0 Å². The number of hydrogen-bond acceptors (Lipinski definition) is 3. The maximum atomic E-state index is 13.7. The molecular weight excluding hydrogens is 539 g/mol. The third kappa shape index (κ3) is 5.41. The number of para-hydroxylation sites is 1. The highest BCUT2D eigenvalue weighted by atomic mass is 32.2. The smallest absolute Gasteiger partial charge is 0.321 e. The summed E-state index contributed by atoms with van der Waals surface area (Å²) < 4.78 is 68.8. The zero-order valence-corrected chi connectivity index (χ0v) is 23.6. The summed E-state index contributed by atoms with van der Waals surface area (Å²) in [6.45, 7) is 5.24. The van der Waals surface area contributed by atoms with Crippen LogP contribution in [0.1, 0.15) is 39.8 Å². The maximum absolute atomic E-state index is 13.7. The predicted octanol–water partition coefficient (Wildman–Crippen LogP) is 6.84. The predicted molar refractivity (Wildman–Crippen MR) is 150 cm³/mol. The number of halogens is 3. The highest BCUT2D eigenvalue weighted by Gasteiger charge is 2.34. The molecular formula is C30H30F3N3O3S. The number of alkyl halides is 3. The fourth-order valence-corrected chi connectivity index (χ4v) is 5.71. The molecule has 4 rings (SSSR count). The monoisotopic (exact) mass is 569 g/mol. The molecule has 4 aromatic rings. The van der Waals surface area contributed by atoms with Crippen molar-refractivity contribution in [3.8, 4) is 16.8 Å². The molecule has 0 aliphatic rings. The minimum atomic E-state index is -4.56. The van der Waals surface area contributed by atoms with E-state index in [0.717, 1.165) is 27.1 Å². The van der Waals surface area contributed by atoms with Crippen LogP contribution in [0.15, 0.2) is 77.7 Å². The molecule has 1 aromatic heterocycles. The van der Waals surface area contributed by atoms with E-state index in [0.29, 0.717) is 23.5 Å². The van der Waals surface area contributed by atoms with Gasteiger partial charge in [-0.25, -0.2) is 12.7 Å². The second-order valence-electron chi connectivity index (χ2n) is 9.59. The first-order valence-corrected chi connectivity index (χ1v) is 14.0. The largest absolute Gasteiger partial charge is 0.418 e. The van der Waals surface area contributed by atoms with E-state index in [2.05, 4.69) is 5.32 Å². The van der Waals surface area contributed by atoms with Crippen LogP contribution < -0.4 is 5.32 Å². The van der Waals surface area contributed by atoms with Crippen LogP contribution in [0, 0.1) is 13.8 Å². The number of carbonyl (C=O) groups is 1. The van der Waals surface area contributed by atoms with Gasteiger partial charge in [0.25, 0.3) is 5.91 Å². The van der Waals surface area contributed by atoms with Gasteiger partial charge in [-0.05, 0) is 67.8 Å². The Balaban J connectivity index is 1.74. The Morgan fingerprint density at radius 2 is 1.60 bits per heavy atom. The van der Waals surface area contributed by atoms with Crippen LogP contribution in [0.3, 0.4) is 0 Å². The standard InChI is InChI=1S/C30H30F3N3O3S/c1-6-21-10-9-12-26(28(21)22-14-16-23(17-15-22)40(38,39)35(4)5)34-29(37)24-18-19(2)36(20(24)3)27-13-8-7-11-25(27)30(31,32)33/h7-18H,6H2,1-5H3,(H,34,37). The van der Waals surface area contributed by atoms with Crippen LogP contribution in [-0.2, 0) is 22.6 Å². The minimum absolute atomic E-state index is 0.0505. The average Bonchev–Trinajstić information content (AvgIpc) is 3.21. The highest BCUT2D eigenvalue weighted by molar-refractivity contribution is 7.89. The molecule has 0 radical (unpaired) electrons. The zero-order valence-electron chi connectivity index (χ0n) is 22.8. The quantitative estimate of drug-likeness (QED) is 0.265. The number of anilines is 1. The third-order valence-corrected chi connectivity index (χ3v) is 8.66. The van der Waals surface area contributed by atoms with Crippen molar-refractivity contribution in [1.29, 1.82) is 0 Å². The third-order valence-electron chi connectivity index (χ3n) is 6.83. The molecule has 1 heterocycles. The number of hydrogen-bond donors (Lipinski definition) is 1. The second-order valence-corrected chi connectivity index (χ2v) is 11.7. The fraction of sp³-hybridized carbons (Fsp3) is 0.233. The van der Waals surface area contributed by atoms with Crippen molar-refractivity contribution in [3.63, 3.8) is 0 Å². The van der Waals surface area contributed by atoms with E-state index in [-0.39, 0.29) is 16.1 Å². The summed E-state index contributed by atoms with van der Waals surface area (Å²) in [5.41, 5.74) is 3.16. The van der Waals surface area contributed by atoms with E-state index in [9.17, 15) is 26.4 Å². The van der Waals surface area contributed by atoms with Crippen LogP contribution in [0.2, 0.25) is 0 Å².